The number of esters is 1. The first-order valence-corrected chi connectivity index (χ1v) is 6.74. The molecular weight excluding hydrogens is 256 g/mol. The van der Waals surface area contributed by atoms with Gasteiger partial charge in [-0.2, -0.15) is 4.98 Å². The van der Waals surface area contributed by atoms with Crippen molar-refractivity contribution in [2.24, 2.45) is 0 Å². The highest BCUT2D eigenvalue weighted by Gasteiger charge is 2.21. The standard InChI is InChI=1S/C15H16N2O3/c1-2-19-15(18)12-13(16)20-14(17-12)11-7-6-9-4-3-5-10(9)8-11/h6-8H,2-5,16H2,1H3. The second-order valence-electron chi connectivity index (χ2n) is 4.79. The van der Waals surface area contributed by atoms with Crippen molar-refractivity contribution in [2.75, 3.05) is 12.3 Å². The lowest BCUT2D eigenvalue weighted by Gasteiger charge is -2.00. The van der Waals surface area contributed by atoms with E-state index in [-0.39, 0.29) is 18.2 Å². The van der Waals surface area contributed by atoms with Gasteiger partial charge in [0.1, 0.15) is 0 Å². The molecule has 5 nitrogen and oxygen atoms in total. The average molecular weight is 272 g/mol. The van der Waals surface area contributed by atoms with Crippen LogP contribution >= 0.6 is 0 Å². The molecule has 20 heavy (non-hydrogen) atoms. The number of nitrogens with zero attached hydrogens (tertiary/aromatic N) is 1. The molecule has 1 aromatic heterocycles. The van der Waals surface area contributed by atoms with Crippen LogP contribution in [0.5, 0.6) is 0 Å². The van der Waals surface area contributed by atoms with Crippen LogP contribution in [-0.2, 0) is 17.6 Å². The average Bonchev–Trinajstić information content (AvgIpc) is 3.04. The fourth-order valence-corrected chi connectivity index (χ4v) is 2.51. The highest BCUT2D eigenvalue weighted by molar-refractivity contribution is 5.92. The number of ether oxygens (including phenoxy) is 1. The van der Waals surface area contributed by atoms with Gasteiger partial charge in [0, 0.05) is 5.56 Å². The predicted octanol–water partition coefficient (Wildman–Crippen LogP) is 2.59. The topological polar surface area (TPSA) is 78.3 Å². The van der Waals surface area contributed by atoms with E-state index >= 15 is 0 Å². The third-order valence-corrected chi connectivity index (χ3v) is 3.47. The van der Waals surface area contributed by atoms with Crippen LogP contribution in [0.4, 0.5) is 5.88 Å². The van der Waals surface area contributed by atoms with E-state index in [2.05, 4.69) is 17.1 Å². The molecule has 2 aromatic rings. The van der Waals surface area contributed by atoms with Crippen LogP contribution in [0.2, 0.25) is 0 Å². The third-order valence-electron chi connectivity index (χ3n) is 3.47. The monoisotopic (exact) mass is 272 g/mol. The number of nitrogens with two attached hydrogens (primary N) is 1. The summed E-state index contributed by atoms with van der Waals surface area (Å²) in [4.78, 5) is 15.8. The Morgan fingerprint density at radius 1 is 1.40 bits per heavy atom. The van der Waals surface area contributed by atoms with E-state index < -0.39 is 5.97 Å². The third kappa shape index (κ3) is 2.15. The largest absolute Gasteiger partial charge is 0.461 e. The lowest BCUT2D eigenvalue weighted by atomic mass is 10.1. The number of anilines is 1. The second kappa shape index (κ2) is 5.00. The van der Waals surface area contributed by atoms with Crippen molar-refractivity contribution < 1.29 is 13.9 Å². The summed E-state index contributed by atoms with van der Waals surface area (Å²) in [5, 5.41) is 0. The normalized spacial score (nSPS) is 13.2. The Hall–Kier alpha value is -2.30. The number of oxazole rings is 1. The van der Waals surface area contributed by atoms with Crippen molar-refractivity contribution in [3.05, 3.63) is 35.0 Å². The van der Waals surface area contributed by atoms with Gasteiger partial charge in [0.15, 0.2) is 0 Å². The zero-order chi connectivity index (χ0) is 14.1. The number of fused-ring (bicyclic) bond motifs is 1. The molecule has 0 atom stereocenters. The van der Waals surface area contributed by atoms with E-state index in [9.17, 15) is 4.79 Å². The van der Waals surface area contributed by atoms with Gasteiger partial charge in [-0.15, -0.1) is 0 Å². The lowest BCUT2D eigenvalue weighted by molar-refractivity contribution is 0.0521. The van der Waals surface area contributed by atoms with Crippen LogP contribution in [0, 0.1) is 0 Å². The summed E-state index contributed by atoms with van der Waals surface area (Å²) in [6.07, 6.45) is 3.38. The number of nitrogen functional groups attached to an aromatic ring is 1. The molecule has 104 valence electrons. The second-order valence-corrected chi connectivity index (χ2v) is 4.79. The fourth-order valence-electron chi connectivity index (χ4n) is 2.51. The maximum Gasteiger partial charge on any atom is 0.362 e. The van der Waals surface area contributed by atoms with Gasteiger partial charge in [-0.1, -0.05) is 6.07 Å². The summed E-state index contributed by atoms with van der Waals surface area (Å²) in [5.74, 6) is -0.194. The summed E-state index contributed by atoms with van der Waals surface area (Å²) in [6, 6.07) is 6.09. The minimum atomic E-state index is -0.554. The summed E-state index contributed by atoms with van der Waals surface area (Å²) in [7, 11) is 0. The molecule has 0 radical (unpaired) electrons. The smallest absolute Gasteiger partial charge is 0.362 e. The van der Waals surface area contributed by atoms with Crippen molar-refractivity contribution in [3.63, 3.8) is 0 Å². The molecule has 2 N–H and O–H groups in total. The zero-order valence-corrected chi connectivity index (χ0v) is 11.3. The van der Waals surface area contributed by atoms with Gasteiger partial charge in [0.2, 0.25) is 17.5 Å². The molecule has 1 aromatic carbocycles. The molecule has 0 bridgehead atoms. The van der Waals surface area contributed by atoms with Crippen molar-refractivity contribution in [1.29, 1.82) is 0 Å². The molecular formula is C15H16N2O3. The van der Waals surface area contributed by atoms with Crippen LogP contribution in [0.3, 0.4) is 0 Å². The number of hydrogen-bond donors (Lipinski definition) is 1. The number of aryl methyl sites for hydroxylation is 2. The van der Waals surface area contributed by atoms with Gasteiger partial charge in [0.25, 0.3) is 0 Å². The van der Waals surface area contributed by atoms with Crippen LogP contribution in [0.1, 0.15) is 35.0 Å². The van der Waals surface area contributed by atoms with Crippen LogP contribution in [0.25, 0.3) is 11.5 Å². The molecule has 1 heterocycles. The minimum Gasteiger partial charge on any atom is -0.461 e. The number of carbonyl (C=O) groups excluding carboxylic acids is 1. The van der Waals surface area contributed by atoms with Crippen molar-refractivity contribution >= 4 is 11.9 Å². The van der Waals surface area contributed by atoms with E-state index in [0.717, 1.165) is 18.4 Å². The van der Waals surface area contributed by atoms with E-state index in [1.165, 1.54) is 17.5 Å². The van der Waals surface area contributed by atoms with E-state index in [0.29, 0.717) is 5.89 Å². The van der Waals surface area contributed by atoms with Crippen LogP contribution in [0.15, 0.2) is 22.6 Å². The minimum absolute atomic E-state index is 0.000974. The van der Waals surface area contributed by atoms with Gasteiger partial charge in [-0.25, -0.2) is 4.79 Å². The van der Waals surface area contributed by atoms with E-state index in [1.54, 1.807) is 6.92 Å². The Morgan fingerprint density at radius 2 is 2.20 bits per heavy atom. The Kier molecular flexibility index (Phi) is 3.18. The highest BCUT2D eigenvalue weighted by Crippen LogP contribution is 2.29. The van der Waals surface area contributed by atoms with Gasteiger partial charge >= 0.3 is 5.97 Å². The summed E-state index contributed by atoms with van der Waals surface area (Å²) in [6.45, 7) is 2.01. The molecule has 1 aliphatic carbocycles. The van der Waals surface area contributed by atoms with Gasteiger partial charge in [0.05, 0.1) is 6.61 Å². The number of hydrogen-bond acceptors (Lipinski definition) is 5. The molecule has 0 saturated heterocycles. The predicted molar refractivity (Wildman–Crippen MR) is 74.3 cm³/mol. The molecule has 0 aliphatic heterocycles. The Bertz CT molecular complexity index is 661. The highest BCUT2D eigenvalue weighted by atomic mass is 16.5. The van der Waals surface area contributed by atoms with Gasteiger partial charge in [-0.05, 0) is 49.4 Å². The number of aromatic nitrogens is 1. The fraction of sp³-hybridized carbons (Fsp3) is 0.333. The summed E-state index contributed by atoms with van der Waals surface area (Å²) < 4.78 is 10.3. The molecule has 0 amide bonds. The van der Waals surface area contributed by atoms with Crippen molar-refractivity contribution in [3.8, 4) is 11.5 Å². The Labute approximate surface area is 116 Å². The first-order chi connectivity index (χ1) is 9.69. The number of carbonyl (C=O) groups is 1. The maximum absolute atomic E-state index is 11.7. The van der Waals surface area contributed by atoms with Crippen molar-refractivity contribution in [2.45, 2.75) is 26.2 Å². The van der Waals surface area contributed by atoms with E-state index in [1.807, 2.05) is 6.07 Å². The summed E-state index contributed by atoms with van der Waals surface area (Å²) in [5.41, 5.74) is 9.27. The SMILES string of the molecule is CCOC(=O)c1nc(-c2ccc3c(c2)CCC3)oc1N. The Balaban J connectivity index is 1.95. The van der Waals surface area contributed by atoms with E-state index in [4.69, 9.17) is 14.9 Å². The maximum atomic E-state index is 11.7. The Morgan fingerprint density at radius 3 is 3.00 bits per heavy atom. The van der Waals surface area contributed by atoms with Crippen LogP contribution < -0.4 is 5.73 Å². The quantitative estimate of drug-likeness (QED) is 0.869. The first kappa shape index (κ1) is 12.7. The molecule has 0 spiro atoms. The van der Waals surface area contributed by atoms with Crippen LogP contribution in [-0.4, -0.2) is 17.6 Å². The molecule has 3 rings (SSSR count). The van der Waals surface area contributed by atoms with Gasteiger partial charge in [-0.3, -0.25) is 0 Å². The number of benzene rings is 1. The zero-order valence-electron chi connectivity index (χ0n) is 11.3. The molecule has 0 saturated carbocycles. The summed E-state index contributed by atoms with van der Waals surface area (Å²) >= 11 is 0. The molecule has 1 aliphatic rings. The number of rotatable bonds is 3. The lowest BCUT2D eigenvalue weighted by Crippen LogP contribution is -2.07. The first-order valence-electron chi connectivity index (χ1n) is 6.74. The molecule has 0 unspecified atom stereocenters. The molecule has 5 heteroatoms. The van der Waals surface area contributed by atoms with Crippen molar-refractivity contribution in [1.82, 2.24) is 4.98 Å². The van der Waals surface area contributed by atoms with Gasteiger partial charge < -0.3 is 14.9 Å². The molecule has 0 fully saturated rings.